The predicted molar refractivity (Wildman–Crippen MR) is 87.6 cm³/mol. The molecule has 0 aromatic carbocycles. The number of hydrogen-bond donors (Lipinski definition) is 2. The number of carbonyl (C=O) groups excluding carboxylic acids is 1. The van der Waals surface area contributed by atoms with Gasteiger partial charge in [-0.1, -0.05) is 0 Å². The number of carbonyl (C=O) groups is 1. The van der Waals surface area contributed by atoms with Crippen LogP contribution in [-0.4, -0.2) is 67.9 Å². The standard InChI is InChI=1S/C14H25N5O3S/c1-18(2)23(21,22)9-8-16-14(20)11-19-13(5-7-17-19)12-4-3-6-15-10-12/h5,7,12,15H,3-4,6,8-11H2,1-2H3,(H,16,20)/t12-/m0/s1. The van der Waals surface area contributed by atoms with Crippen molar-refractivity contribution >= 4 is 15.9 Å². The second-order valence-electron chi connectivity index (χ2n) is 5.91. The second kappa shape index (κ2) is 7.89. The summed E-state index contributed by atoms with van der Waals surface area (Å²) in [7, 11) is -0.338. The Morgan fingerprint density at radius 1 is 1.52 bits per heavy atom. The normalized spacial score (nSPS) is 19.0. The van der Waals surface area contributed by atoms with E-state index in [-0.39, 0.29) is 24.7 Å². The molecule has 1 aliphatic heterocycles. The minimum absolute atomic E-state index is 0.0981. The maximum Gasteiger partial charge on any atom is 0.241 e. The Hall–Kier alpha value is -1.45. The van der Waals surface area contributed by atoms with Crippen LogP contribution >= 0.6 is 0 Å². The summed E-state index contributed by atoms with van der Waals surface area (Å²) < 4.78 is 26.1. The van der Waals surface area contributed by atoms with E-state index in [1.807, 2.05) is 6.07 Å². The van der Waals surface area contributed by atoms with Gasteiger partial charge in [-0.05, 0) is 25.5 Å². The second-order valence-corrected chi connectivity index (χ2v) is 8.21. The molecule has 0 bridgehead atoms. The summed E-state index contributed by atoms with van der Waals surface area (Å²) in [5.74, 6) is 0.0328. The van der Waals surface area contributed by atoms with Gasteiger partial charge < -0.3 is 10.6 Å². The number of rotatable bonds is 7. The largest absolute Gasteiger partial charge is 0.353 e. The number of piperidine rings is 1. The van der Waals surface area contributed by atoms with Crippen molar-refractivity contribution in [3.05, 3.63) is 18.0 Å². The third kappa shape index (κ3) is 5.02. The first-order valence-corrected chi connectivity index (χ1v) is 9.40. The van der Waals surface area contributed by atoms with Gasteiger partial charge in [0, 0.05) is 45.0 Å². The lowest BCUT2D eigenvalue weighted by Gasteiger charge is -2.23. The molecule has 1 aromatic heterocycles. The molecule has 1 aliphatic rings. The molecule has 0 radical (unpaired) electrons. The van der Waals surface area contributed by atoms with Crippen molar-refractivity contribution in [2.75, 3.05) is 39.5 Å². The fourth-order valence-electron chi connectivity index (χ4n) is 2.62. The van der Waals surface area contributed by atoms with Crippen LogP contribution in [0.1, 0.15) is 24.5 Å². The SMILES string of the molecule is CN(C)S(=O)(=O)CCNC(=O)Cn1nccc1[C@H]1CCCNC1. The number of nitrogens with zero attached hydrogens (tertiary/aromatic N) is 3. The summed E-state index contributed by atoms with van der Waals surface area (Å²) in [4.78, 5) is 12.0. The number of sulfonamides is 1. The first-order chi connectivity index (χ1) is 10.9. The minimum atomic E-state index is -3.29. The summed E-state index contributed by atoms with van der Waals surface area (Å²) in [6.45, 7) is 2.14. The van der Waals surface area contributed by atoms with Crippen LogP contribution in [0, 0.1) is 0 Å². The first kappa shape index (κ1) is 17.9. The Bertz CT molecular complexity index is 620. The smallest absolute Gasteiger partial charge is 0.241 e. The van der Waals surface area contributed by atoms with E-state index in [4.69, 9.17) is 0 Å². The molecule has 1 atom stereocenters. The van der Waals surface area contributed by atoms with Gasteiger partial charge in [-0.15, -0.1) is 0 Å². The summed E-state index contributed by atoms with van der Waals surface area (Å²) in [6.07, 6.45) is 3.90. The zero-order chi connectivity index (χ0) is 16.9. The van der Waals surface area contributed by atoms with Crippen LogP contribution in [-0.2, 0) is 21.4 Å². The topological polar surface area (TPSA) is 96.3 Å². The van der Waals surface area contributed by atoms with E-state index in [1.165, 1.54) is 14.1 Å². The average Bonchev–Trinajstić information content (AvgIpc) is 2.95. The van der Waals surface area contributed by atoms with Crippen LogP contribution in [0.3, 0.4) is 0 Å². The molecule has 2 heterocycles. The van der Waals surface area contributed by atoms with Crippen molar-refractivity contribution in [1.82, 2.24) is 24.7 Å². The van der Waals surface area contributed by atoms with E-state index in [9.17, 15) is 13.2 Å². The zero-order valence-corrected chi connectivity index (χ0v) is 14.5. The Labute approximate surface area is 137 Å². The molecule has 1 saturated heterocycles. The van der Waals surface area contributed by atoms with Gasteiger partial charge in [-0.25, -0.2) is 12.7 Å². The Balaban J connectivity index is 1.85. The first-order valence-electron chi connectivity index (χ1n) is 7.79. The molecule has 0 saturated carbocycles. The molecule has 1 fully saturated rings. The third-order valence-corrected chi connectivity index (χ3v) is 5.83. The van der Waals surface area contributed by atoms with E-state index in [0.717, 1.165) is 35.9 Å². The van der Waals surface area contributed by atoms with Crippen molar-refractivity contribution in [3.63, 3.8) is 0 Å². The molecule has 1 amide bonds. The van der Waals surface area contributed by atoms with Crippen LogP contribution < -0.4 is 10.6 Å². The molecule has 0 unspecified atom stereocenters. The lowest BCUT2D eigenvalue weighted by Crippen LogP contribution is -2.36. The molecule has 0 aliphatic carbocycles. The van der Waals surface area contributed by atoms with Gasteiger partial charge in [0.2, 0.25) is 15.9 Å². The molecule has 130 valence electrons. The highest BCUT2D eigenvalue weighted by Gasteiger charge is 2.20. The van der Waals surface area contributed by atoms with Gasteiger partial charge >= 0.3 is 0 Å². The highest BCUT2D eigenvalue weighted by atomic mass is 32.2. The van der Waals surface area contributed by atoms with Crippen LogP contribution in [0.4, 0.5) is 0 Å². The van der Waals surface area contributed by atoms with Gasteiger partial charge in [0.25, 0.3) is 0 Å². The molecule has 1 aromatic rings. The molecule has 8 nitrogen and oxygen atoms in total. The van der Waals surface area contributed by atoms with Crippen molar-refractivity contribution in [3.8, 4) is 0 Å². The number of aromatic nitrogens is 2. The van der Waals surface area contributed by atoms with Crippen LogP contribution in [0.2, 0.25) is 0 Å². The fourth-order valence-corrected chi connectivity index (χ4v) is 3.35. The van der Waals surface area contributed by atoms with Crippen LogP contribution in [0.25, 0.3) is 0 Å². The van der Waals surface area contributed by atoms with E-state index >= 15 is 0 Å². The Morgan fingerprint density at radius 2 is 2.30 bits per heavy atom. The quantitative estimate of drug-likeness (QED) is 0.686. The van der Waals surface area contributed by atoms with E-state index in [1.54, 1.807) is 10.9 Å². The lowest BCUT2D eigenvalue weighted by molar-refractivity contribution is -0.121. The fraction of sp³-hybridized carbons (Fsp3) is 0.714. The predicted octanol–water partition coefficient (Wildman–Crippen LogP) is -0.642. The maximum atomic E-state index is 12.0. The molecule has 2 N–H and O–H groups in total. The highest BCUT2D eigenvalue weighted by molar-refractivity contribution is 7.89. The van der Waals surface area contributed by atoms with Crippen molar-refractivity contribution < 1.29 is 13.2 Å². The van der Waals surface area contributed by atoms with E-state index in [2.05, 4.69) is 15.7 Å². The summed E-state index contributed by atoms with van der Waals surface area (Å²) in [5.41, 5.74) is 1.05. The third-order valence-electron chi connectivity index (χ3n) is 4.00. The molecule has 23 heavy (non-hydrogen) atoms. The van der Waals surface area contributed by atoms with Gasteiger partial charge in [-0.2, -0.15) is 5.10 Å². The average molecular weight is 343 g/mol. The van der Waals surface area contributed by atoms with Gasteiger partial charge in [0.05, 0.1) is 5.75 Å². The van der Waals surface area contributed by atoms with Gasteiger partial charge in [0.1, 0.15) is 6.54 Å². The minimum Gasteiger partial charge on any atom is -0.353 e. The lowest BCUT2D eigenvalue weighted by atomic mass is 9.96. The number of amides is 1. The molecule has 9 heteroatoms. The van der Waals surface area contributed by atoms with E-state index in [0.29, 0.717) is 5.92 Å². The zero-order valence-electron chi connectivity index (χ0n) is 13.7. The Morgan fingerprint density at radius 3 is 2.96 bits per heavy atom. The van der Waals surface area contributed by atoms with Crippen molar-refractivity contribution in [1.29, 1.82) is 0 Å². The monoisotopic (exact) mass is 343 g/mol. The van der Waals surface area contributed by atoms with Crippen molar-refractivity contribution in [2.45, 2.75) is 25.3 Å². The molecular formula is C14H25N5O3S. The molecule has 0 spiro atoms. The van der Waals surface area contributed by atoms with Crippen LogP contribution in [0.15, 0.2) is 12.3 Å². The molecular weight excluding hydrogens is 318 g/mol. The number of nitrogens with one attached hydrogen (secondary N) is 2. The maximum absolute atomic E-state index is 12.0. The molecule has 2 rings (SSSR count). The Kier molecular flexibility index (Phi) is 6.14. The van der Waals surface area contributed by atoms with E-state index < -0.39 is 10.0 Å². The summed E-state index contributed by atoms with van der Waals surface area (Å²) in [5, 5.41) is 10.2. The highest BCUT2D eigenvalue weighted by Crippen LogP contribution is 2.22. The summed E-state index contributed by atoms with van der Waals surface area (Å²) in [6, 6.07) is 1.95. The van der Waals surface area contributed by atoms with Crippen LogP contribution in [0.5, 0.6) is 0 Å². The number of hydrogen-bond acceptors (Lipinski definition) is 5. The summed E-state index contributed by atoms with van der Waals surface area (Å²) >= 11 is 0. The van der Waals surface area contributed by atoms with Gasteiger partial charge in [0.15, 0.2) is 0 Å². The van der Waals surface area contributed by atoms with Crippen molar-refractivity contribution in [2.24, 2.45) is 0 Å². The van der Waals surface area contributed by atoms with Gasteiger partial charge in [-0.3, -0.25) is 9.48 Å².